The summed E-state index contributed by atoms with van der Waals surface area (Å²) < 4.78 is 10.4. The molecule has 128 valence electrons. The largest absolute Gasteiger partial charge is 0.454 e. The average molecular weight is 340 g/mol. The maximum Gasteiger partial charge on any atom is 0.280 e. The van der Waals surface area contributed by atoms with Crippen LogP contribution in [0.3, 0.4) is 0 Å². The van der Waals surface area contributed by atoms with E-state index in [4.69, 9.17) is 9.47 Å². The fraction of sp³-hybridized carbons (Fsp3) is 0.167. The molecule has 25 heavy (non-hydrogen) atoms. The SMILES string of the molecule is Cc1cccc(NC(=O)/C=C/c2cc3c(cc2[N+](=O)[O-])OCO3)c1C. The van der Waals surface area contributed by atoms with Gasteiger partial charge in [0.05, 0.1) is 16.6 Å². The van der Waals surface area contributed by atoms with E-state index in [0.717, 1.165) is 11.1 Å². The van der Waals surface area contributed by atoms with E-state index in [1.165, 1.54) is 24.3 Å². The third kappa shape index (κ3) is 3.45. The minimum absolute atomic E-state index is 0.0206. The molecule has 0 saturated heterocycles. The Morgan fingerprint density at radius 2 is 1.96 bits per heavy atom. The number of hydrogen-bond donors (Lipinski definition) is 1. The molecule has 0 bridgehead atoms. The highest BCUT2D eigenvalue weighted by atomic mass is 16.7. The lowest BCUT2D eigenvalue weighted by atomic mass is 10.1. The summed E-state index contributed by atoms with van der Waals surface area (Å²) in [5.41, 5.74) is 2.85. The van der Waals surface area contributed by atoms with Crippen LogP contribution >= 0.6 is 0 Å². The summed E-state index contributed by atoms with van der Waals surface area (Å²) in [5, 5.41) is 14.0. The topological polar surface area (TPSA) is 90.7 Å². The first-order valence-electron chi connectivity index (χ1n) is 7.59. The van der Waals surface area contributed by atoms with Crippen molar-refractivity contribution < 1.29 is 19.2 Å². The van der Waals surface area contributed by atoms with Crippen LogP contribution in [0.1, 0.15) is 16.7 Å². The lowest BCUT2D eigenvalue weighted by molar-refractivity contribution is -0.385. The number of nitro groups is 1. The summed E-state index contributed by atoms with van der Waals surface area (Å²) in [6, 6.07) is 8.39. The Morgan fingerprint density at radius 3 is 2.68 bits per heavy atom. The molecule has 0 aliphatic carbocycles. The third-order valence-electron chi connectivity index (χ3n) is 4.00. The minimum atomic E-state index is -0.524. The summed E-state index contributed by atoms with van der Waals surface area (Å²) >= 11 is 0. The highest BCUT2D eigenvalue weighted by Crippen LogP contribution is 2.38. The summed E-state index contributed by atoms with van der Waals surface area (Å²) in [4.78, 5) is 22.8. The fourth-order valence-electron chi connectivity index (χ4n) is 2.46. The number of amides is 1. The maximum absolute atomic E-state index is 12.1. The van der Waals surface area contributed by atoms with E-state index in [1.807, 2.05) is 26.0 Å². The molecule has 7 nitrogen and oxygen atoms in total. The van der Waals surface area contributed by atoms with Crippen molar-refractivity contribution in [2.24, 2.45) is 0 Å². The molecule has 0 saturated carbocycles. The minimum Gasteiger partial charge on any atom is -0.454 e. The van der Waals surface area contributed by atoms with Crippen molar-refractivity contribution in [3.05, 3.63) is 63.2 Å². The number of anilines is 1. The van der Waals surface area contributed by atoms with Crippen LogP contribution in [-0.2, 0) is 4.79 Å². The van der Waals surface area contributed by atoms with E-state index >= 15 is 0 Å². The van der Waals surface area contributed by atoms with Gasteiger partial charge in [-0.25, -0.2) is 0 Å². The molecular weight excluding hydrogens is 324 g/mol. The van der Waals surface area contributed by atoms with Crippen LogP contribution in [0.25, 0.3) is 6.08 Å². The van der Waals surface area contributed by atoms with E-state index in [2.05, 4.69) is 5.32 Å². The monoisotopic (exact) mass is 340 g/mol. The number of nitrogens with zero attached hydrogens (tertiary/aromatic N) is 1. The van der Waals surface area contributed by atoms with E-state index < -0.39 is 4.92 Å². The van der Waals surface area contributed by atoms with E-state index in [0.29, 0.717) is 17.2 Å². The molecule has 1 aliphatic rings. The first-order chi connectivity index (χ1) is 12.0. The zero-order valence-electron chi connectivity index (χ0n) is 13.7. The van der Waals surface area contributed by atoms with Gasteiger partial charge >= 0.3 is 0 Å². The van der Waals surface area contributed by atoms with Gasteiger partial charge in [0.2, 0.25) is 12.7 Å². The molecule has 1 heterocycles. The van der Waals surface area contributed by atoms with Crippen LogP contribution in [0, 0.1) is 24.0 Å². The maximum atomic E-state index is 12.1. The predicted octanol–water partition coefficient (Wildman–Crippen LogP) is 3.59. The summed E-state index contributed by atoms with van der Waals surface area (Å²) in [7, 11) is 0. The normalized spacial score (nSPS) is 12.4. The molecular formula is C18H16N2O5. The van der Waals surface area contributed by atoms with E-state index in [9.17, 15) is 14.9 Å². The molecule has 2 aromatic rings. The molecule has 0 fully saturated rings. The summed E-state index contributed by atoms with van der Waals surface area (Å²) in [6.45, 7) is 3.89. The molecule has 1 aliphatic heterocycles. The van der Waals surface area contributed by atoms with Crippen molar-refractivity contribution in [1.29, 1.82) is 0 Å². The molecule has 1 amide bonds. The summed E-state index contributed by atoms with van der Waals surface area (Å²) in [6.07, 6.45) is 2.65. The van der Waals surface area contributed by atoms with Crippen LogP contribution in [0.15, 0.2) is 36.4 Å². The Morgan fingerprint density at radius 1 is 1.24 bits per heavy atom. The highest BCUT2D eigenvalue weighted by molar-refractivity contribution is 6.02. The second kappa shape index (κ2) is 6.64. The van der Waals surface area contributed by atoms with E-state index in [-0.39, 0.29) is 24.0 Å². The van der Waals surface area contributed by atoms with Crippen molar-refractivity contribution in [3.8, 4) is 11.5 Å². The Labute approximate surface area is 144 Å². The van der Waals surface area contributed by atoms with Crippen LogP contribution in [-0.4, -0.2) is 17.6 Å². The van der Waals surface area contributed by atoms with Crippen molar-refractivity contribution >= 4 is 23.4 Å². The number of carbonyl (C=O) groups excluding carboxylic acids is 1. The number of nitro benzene ring substituents is 1. The lowest BCUT2D eigenvalue weighted by Crippen LogP contribution is -2.09. The van der Waals surface area contributed by atoms with Gasteiger partial charge < -0.3 is 14.8 Å². The van der Waals surface area contributed by atoms with Gasteiger partial charge in [-0.15, -0.1) is 0 Å². The standard InChI is InChI=1S/C18H16N2O5/c1-11-4-3-5-14(12(11)2)19-18(21)7-6-13-8-16-17(25-10-24-16)9-15(13)20(22)23/h3-9H,10H2,1-2H3,(H,19,21)/b7-6+. The lowest BCUT2D eigenvalue weighted by Gasteiger charge is -2.08. The molecule has 0 spiro atoms. The Balaban J connectivity index is 1.83. The van der Waals surface area contributed by atoms with Crippen molar-refractivity contribution in [3.63, 3.8) is 0 Å². The number of aryl methyl sites for hydroxylation is 1. The fourth-order valence-corrected chi connectivity index (χ4v) is 2.46. The van der Waals surface area contributed by atoms with Gasteiger partial charge in [0, 0.05) is 11.8 Å². The highest BCUT2D eigenvalue weighted by Gasteiger charge is 2.22. The second-order valence-electron chi connectivity index (χ2n) is 5.59. The molecule has 0 atom stereocenters. The van der Waals surface area contributed by atoms with Crippen LogP contribution in [0.5, 0.6) is 11.5 Å². The van der Waals surface area contributed by atoms with Crippen molar-refractivity contribution in [2.45, 2.75) is 13.8 Å². The van der Waals surface area contributed by atoms with Crippen molar-refractivity contribution in [1.82, 2.24) is 0 Å². The first kappa shape index (κ1) is 16.5. The van der Waals surface area contributed by atoms with Crippen molar-refractivity contribution in [2.75, 3.05) is 12.1 Å². The zero-order valence-corrected chi connectivity index (χ0v) is 13.7. The molecule has 3 rings (SSSR count). The van der Waals surface area contributed by atoms with Gasteiger partial charge in [0.25, 0.3) is 5.69 Å². The number of benzene rings is 2. The molecule has 2 aromatic carbocycles. The Kier molecular flexibility index (Phi) is 4.38. The van der Waals surface area contributed by atoms with Gasteiger partial charge in [-0.3, -0.25) is 14.9 Å². The molecule has 0 radical (unpaired) electrons. The number of hydrogen-bond acceptors (Lipinski definition) is 5. The quantitative estimate of drug-likeness (QED) is 0.522. The Hall–Kier alpha value is -3.35. The van der Waals surface area contributed by atoms with Crippen LogP contribution in [0.2, 0.25) is 0 Å². The predicted molar refractivity (Wildman–Crippen MR) is 92.8 cm³/mol. The number of rotatable bonds is 4. The smallest absolute Gasteiger partial charge is 0.280 e. The van der Waals surface area contributed by atoms with Gasteiger partial charge in [-0.05, 0) is 43.2 Å². The molecule has 0 unspecified atom stereocenters. The van der Waals surface area contributed by atoms with Crippen LogP contribution in [0.4, 0.5) is 11.4 Å². The Bertz CT molecular complexity index is 889. The number of ether oxygens (including phenoxy) is 2. The van der Waals surface area contributed by atoms with Gasteiger partial charge in [0.1, 0.15) is 0 Å². The zero-order chi connectivity index (χ0) is 18.0. The molecule has 0 aromatic heterocycles. The van der Waals surface area contributed by atoms with Gasteiger partial charge in [0.15, 0.2) is 11.5 Å². The van der Waals surface area contributed by atoms with Crippen LogP contribution < -0.4 is 14.8 Å². The van der Waals surface area contributed by atoms with Gasteiger partial charge in [-0.1, -0.05) is 12.1 Å². The van der Waals surface area contributed by atoms with Gasteiger partial charge in [-0.2, -0.15) is 0 Å². The second-order valence-corrected chi connectivity index (χ2v) is 5.59. The third-order valence-corrected chi connectivity index (χ3v) is 4.00. The molecule has 1 N–H and O–H groups in total. The molecule has 7 heteroatoms. The number of fused-ring (bicyclic) bond motifs is 1. The first-order valence-corrected chi connectivity index (χ1v) is 7.59. The summed E-state index contributed by atoms with van der Waals surface area (Å²) in [5.74, 6) is 0.365. The number of carbonyl (C=O) groups is 1. The average Bonchev–Trinajstić information content (AvgIpc) is 3.03. The number of nitrogens with one attached hydrogen (secondary N) is 1. The van der Waals surface area contributed by atoms with E-state index in [1.54, 1.807) is 6.07 Å².